The van der Waals surface area contributed by atoms with E-state index >= 15 is 0 Å². The maximum absolute atomic E-state index is 12.7. The van der Waals surface area contributed by atoms with Crippen LogP contribution in [-0.4, -0.2) is 71.4 Å². The predicted molar refractivity (Wildman–Crippen MR) is 109 cm³/mol. The van der Waals surface area contributed by atoms with Crippen LogP contribution in [0.25, 0.3) is 0 Å². The molecule has 0 heterocycles. The van der Waals surface area contributed by atoms with Gasteiger partial charge < -0.3 is 32.5 Å². The van der Waals surface area contributed by atoms with E-state index in [1.807, 2.05) is 6.92 Å². The molecule has 0 aliphatic rings. The fourth-order valence-electron chi connectivity index (χ4n) is 2.37. The molecule has 4 atom stereocenters. The van der Waals surface area contributed by atoms with Crippen molar-refractivity contribution in [2.24, 2.45) is 17.4 Å². The van der Waals surface area contributed by atoms with Gasteiger partial charge in [0.2, 0.25) is 23.6 Å². The highest BCUT2D eigenvalue weighted by Gasteiger charge is 2.32. The van der Waals surface area contributed by atoms with Crippen molar-refractivity contribution >= 4 is 41.4 Å². The fourth-order valence-corrected chi connectivity index (χ4v) is 2.84. The van der Waals surface area contributed by atoms with Crippen LogP contribution in [0.15, 0.2) is 0 Å². The van der Waals surface area contributed by atoms with E-state index in [0.717, 1.165) is 0 Å². The Balaban J connectivity index is 5.39. The number of aliphatic carboxylic acids is 1. The Morgan fingerprint density at radius 3 is 2.07 bits per heavy atom. The second kappa shape index (κ2) is 13.8. The van der Waals surface area contributed by atoms with Crippen LogP contribution in [0.5, 0.6) is 0 Å². The van der Waals surface area contributed by atoms with Gasteiger partial charge in [-0.05, 0) is 24.3 Å². The second-order valence-corrected chi connectivity index (χ2v) is 7.53. The van der Waals surface area contributed by atoms with Crippen molar-refractivity contribution in [3.8, 4) is 0 Å². The lowest BCUT2D eigenvalue weighted by molar-refractivity contribution is -0.142. The predicted octanol–water partition coefficient (Wildman–Crippen LogP) is -1.84. The Morgan fingerprint density at radius 1 is 1.03 bits per heavy atom. The molecule has 8 N–H and O–H groups in total. The van der Waals surface area contributed by atoms with E-state index in [-0.39, 0.29) is 18.9 Å². The maximum Gasteiger partial charge on any atom is 0.326 e. The second-order valence-electron chi connectivity index (χ2n) is 6.55. The lowest BCUT2D eigenvalue weighted by Gasteiger charge is -2.26. The van der Waals surface area contributed by atoms with Gasteiger partial charge in [-0.25, -0.2) is 4.79 Å². The smallest absolute Gasteiger partial charge is 0.326 e. The highest BCUT2D eigenvalue weighted by atomic mass is 32.2. The Hall–Kier alpha value is -2.34. The lowest BCUT2D eigenvalue weighted by Crippen LogP contribution is -2.58. The summed E-state index contributed by atoms with van der Waals surface area (Å²) in [6.45, 7) is 3.23. The first-order valence-electron chi connectivity index (χ1n) is 9.17. The molecular formula is C17H31N5O6S. The van der Waals surface area contributed by atoms with Gasteiger partial charge in [0.05, 0.1) is 13.0 Å². The summed E-state index contributed by atoms with van der Waals surface area (Å²) < 4.78 is 0. The minimum Gasteiger partial charge on any atom is -0.480 e. The summed E-state index contributed by atoms with van der Waals surface area (Å²) in [5.74, 6) is -3.97. The number of carboxylic acid groups (broad SMARTS) is 1. The van der Waals surface area contributed by atoms with Crippen molar-refractivity contribution in [2.45, 2.75) is 51.2 Å². The SMILES string of the molecule is CCC(C)C(NC(=O)CN)C(=O)NC(CC(N)=O)C(=O)NC(CCSC)C(=O)O. The Bertz CT molecular complexity index is 603. The van der Waals surface area contributed by atoms with Gasteiger partial charge in [0.1, 0.15) is 18.1 Å². The van der Waals surface area contributed by atoms with E-state index in [2.05, 4.69) is 16.0 Å². The molecule has 0 saturated heterocycles. The van der Waals surface area contributed by atoms with Gasteiger partial charge in [0, 0.05) is 0 Å². The van der Waals surface area contributed by atoms with E-state index in [9.17, 15) is 29.1 Å². The van der Waals surface area contributed by atoms with Gasteiger partial charge >= 0.3 is 5.97 Å². The highest BCUT2D eigenvalue weighted by molar-refractivity contribution is 7.98. The van der Waals surface area contributed by atoms with Crippen molar-refractivity contribution in [1.82, 2.24) is 16.0 Å². The topological polar surface area (TPSA) is 194 Å². The molecule has 0 aromatic heterocycles. The molecule has 11 nitrogen and oxygen atoms in total. The maximum atomic E-state index is 12.7. The molecule has 166 valence electrons. The third kappa shape index (κ3) is 10.1. The Labute approximate surface area is 174 Å². The minimum atomic E-state index is -1.38. The summed E-state index contributed by atoms with van der Waals surface area (Å²) in [4.78, 5) is 59.5. The van der Waals surface area contributed by atoms with E-state index in [1.54, 1.807) is 13.2 Å². The molecular weight excluding hydrogens is 402 g/mol. The molecule has 0 bridgehead atoms. The Kier molecular flexibility index (Phi) is 12.7. The molecule has 4 unspecified atom stereocenters. The number of hydrogen-bond acceptors (Lipinski definition) is 7. The number of thioether (sulfide) groups is 1. The molecule has 0 aliphatic carbocycles. The quantitative estimate of drug-likeness (QED) is 0.184. The number of nitrogens with two attached hydrogens (primary N) is 2. The number of nitrogens with one attached hydrogen (secondary N) is 3. The number of primary amides is 1. The summed E-state index contributed by atoms with van der Waals surface area (Å²) >= 11 is 1.41. The molecule has 12 heteroatoms. The van der Waals surface area contributed by atoms with Crippen LogP contribution >= 0.6 is 11.8 Å². The molecule has 0 aliphatic heterocycles. The van der Waals surface area contributed by atoms with Crippen LogP contribution in [0.1, 0.15) is 33.1 Å². The summed E-state index contributed by atoms with van der Waals surface area (Å²) in [5.41, 5.74) is 10.4. The van der Waals surface area contributed by atoms with Gasteiger partial charge in [0.15, 0.2) is 0 Å². The largest absolute Gasteiger partial charge is 0.480 e. The van der Waals surface area contributed by atoms with Gasteiger partial charge in [0.25, 0.3) is 0 Å². The van der Waals surface area contributed by atoms with Gasteiger partial charge in [-0.3, -0.25) is 19.2 Å². The summed E-state index contributed by atoms with van der Waals surface area (Å²) in [6, 6.07) is -3.53. The third-order valence-corrected chi connectivity index (χ3v) is 4.90. The lowest BCUT2D eigenvalue weighted by atomic mass is 9.97. The van der Waals surface area contributed by atoms with Crippen molar-refractivity contribution in [2.75, 3.05) is 18.6 Å². The molecule has 0 spiro atoms. The first-order valence-corrected chi connectivity index (χ1v) is 10.6. The number of carbonyl (C=O) groups is 5. The van der Waals surface area contributed by atoms with Gasteiger partial charge in [-0.1, -0.05) is 20.3 Å². The van der Waals surface area contributed by atoms with Crippen LogP contribution in [0, 0.1) is 5.92 Å². The van der Waals surface area contributed by atoms with Crippen molar-refractivity contribution in [1.29, 1.82) is 0 Å². The summed E-state index contributed by atoms with van der Waals surface area (Å²) in [5, 5.41) is 16.4. The summed E-state index contributed by atoms with van der Waals surface area (Å²) in [6.07, 6.45) is 1.99. The Morgan fingerprint density at radius 2 is 1.62 bits per heavy atom. The zero-order valence-electron chi connectivity index (χ0n) is 16.9. The van der Waals surface area contributed by atoms with E-state index in [0.29, 0.717) is 12.2 Å². The van der Waals surface area contributed by atoms with Crippen LogP contribution in [0.4, 0.5) is 0 Å². The molecule has 0 saturated carbocycles. The molecule has 0 aromatic rings. The number of rotatable bonds is 14. The molecule has 0 rings (SSSR count). The number of carbonyl (C=O) groups excluding carboxylic acids is 4. The van der Waals surface area contributed by atoms with E-state index in [1.165, 1.54) is 11.8 Å². The van der Waals surface area contributed by atoms with Crippen LogP contribution in [-0.2, 0) is 24.0 Å². The normalized spacial score (nSPS) is 14.8. The van der Waals surface area contributed by atoms with Crippen LogP contribution in [0.2, 0.25) is 0 Å². The standard InChI is InChI=1S/C17H31N5O6S/c1-4-9(2)14(22-13(24)8-18)16(26)21-11(7-12(19)23)15(25)20-10(17(27)28)5-6-29-3/h9-11,14H,4-8,18H2,1-3H3,(H2,19,23)(H,20,25)(H,21,26)(H,22,24)(H,27,28). The van der Waals surface area contributed by atoms with E-state index in [4.69, 9.17) is 11.5 Å². The molecule has 4 amide bonds. The van der Waals surface area contributed by atoms with Crippen LogP contribution in [0.3, 0.4) is 0 Å². The summed E-state index contributed by atoms with van der Waals surface area (Å²) in [7, 11) is 0. The monoisotopic (exact) mass is 433 g/mol. The molecule has 29 heavy (non-hydrogen) atoms. The highest BCUT2D eigenvalue weighted by Crippen LogP contribution is 2.09. The first kappa shape index (κ1) is 26.7. The zero-order valence-corrected chi connectivity index (χ0v) is 17.7. The third-order valence-electron chi connectivity index (χ3n) is 4.26. The number of amides is 4. The molecule has 0 fully saturated rings. The zero-order chi connectivity index (χ0) is 22.6. The van der Waals surface area contributed by atoms with Crippen molar-refractivity contribution in [3.63, 3.8) is 0 Å². The van der Waals surface area contributed by atoms with Gasteiger partial charge in [-0.15, -0.1) is 0 Å². The number of carboxylic acids is 1. The minimum absolute atomic E-state index is 0.168. The van der Waals surface area contributed by atoms with Crippen molar-refractivity contribution < 1.29 is 29.1 Å². The number of hydrogen-bond donors (Lipinski definition) is 6. The average Bonchev–Trinajstić information content (AvgIpc) is 2.66. The van der Waals surface area contributed by atoms with Gasteiger partial charge in [-0.2, -0.15) is 11.8 Å². The van der Waals surface area contributed by atoms with E-state index < -0.39 is 54.1 Å². The average molecular weight is 434 g/mol. The van der Waals surface area contributed by atoms with Crippen LogP contribution < -0.4 is 27.4 Å². The fraction of sp³-hybridized carbons (Fsp3) is 0.706. The molecule has 0 aromatic carbocycles. The molecule has 0 radical (unpaired) electrons. The first-order chi connectivity index (χ1) is 13.6. The van der Waals surface area contributed by atoms with Crippen molar-refractivity contribution in [3.05, 3.63) is 0 Å².